The minimum Gasteiger partial charge on any atom is -0.353 e. The van der Waals surface area contributed by atoms with E-state index in [4.69, 9.17) is 0 Å². The Kier molecular flexibility index (Phi) is 5.15. The molecule has 0 aliphatic carbocycles. The van der Waals surface area contributed by atoms with Gasteiger partial charge in [0, 0.05) is 56.6 Å². The number of hydrogen-bond donors (Lipinski definition) is 1. The predicted octanol–water partition coefficient (Wildman–Crippen LogP) is 1.49. The Morgan fingerprint density at radius 1 is 1.17 bits per heavy atom. The zero-order chi connectivity index (χ0) is 16.2. The molecule has 126 valence electrons. The Morgan fingerprint density at radius 2 is 1.87 bits per heavy atom. The molecule has 0 aromatic carbocycles. The monoisotopic (exact) mass is 336 g/mol. The second-order valence-electron chi connectivity index (χ2n) is 6.36. The summed E-state index contributed by atoms with van der Waals surface area (Å²) in [5, 5.41) is 6.28. The number of thiazole rings is 1. The van der Waals surface area contributed by atoms with Crippen molar-refractivity contribution in [2.24, 2.45) is 5.92 Å². The number of nitrogens with zero attached hydrogens (tertiary/aromatic N) is 3. The van der Waals surface area contributed by atoms with Crippen LogP contribution < -0.4 is 10.2 Å². The van der Waals surface area contributed by atoms with Crippen molar-refractivity contribution in [2.45, 2.75) is 38.6 Å². The summed E-state index contributed by atoms with van der Waals surface area (Å²) in [6, 6.07) is 0.268. The van der Waals surface area contributed by atoms with E-state index in [-0.39, 0.29) is 23.8 Å². The second kappa shape index (κ2) is 7.29. The summed E-state index contributed by atoms with van der Waals surface area (Å²) in [5.41, 5.74) is 0. The number of aromatic nitrogens is 1. The molecule has 2 aliphatic rings. The van der Waals surface area contributed by atoms with E-state index >= 15 is 0 Å². The van der Waals surface area contributed by atoms with Crippen LogP contribution in [0.1, 0.15) is 32.6 Å². The van der Waals surface area contributed by atoms with Crippen LogP contribution in [0.25, 0.3) is 0 Å². The summed E-state index contributed by atoms with van der Waals surface area (Å²) in [5.74, 6) is 0.335. The van der Waals surface area contributed by atoms with Gasteiger partial charge in [0.05, 0.1) is 0 Å². The third-order valence-electron chi connectivity index (χ3n) is 4.84. The molecule has 2 amide bonds. The van der Waals surface area contributed by atoms with Crippen LogP contribution >= 0.6 is 11.3 Å². The number of amides is 2. The van der Waals surface area contributed by atoms with Crippen LogP contribution in [0.5, 0.6) is 0 Å². The first-order chi connectivity index (χ1) is 11.1. The third kappa shape index (κ3) is 4.02. The Labute approximate surface area is 140 Å². The molecule has 0 unspecified atom stereocenters. The first kappa shape index (κ1) is 16.2. The summed E-state index contributed by atoms with van der Waals surface area (Å²) in [7, 11) is 0. The molecule has 2 aliphatic heterocycles. The number of likely N-dealkylation sites (tertiary alicyclic amines) is 1. The van der Waals surface area contributed by atoms with Gasteiger partial charge in [0.2, 0.25) is 11.8 Å². The fourth-order valence-corrected chi connectivity index (χ4v) is 4.06. The van der Waals surface area contributed by atoms with E-state index < -0.39 is 0 Å². The third-order valence-corrected chi connectivity index (χ3v) is 5.67. The van der Waals surface area contributed by atoms with Crippen molar-refractivity contribution in [1.29, 1.82) is 0 Å². The fraction of sp³-hybridized carbons (Fsp3) is 0.688. The topological polar surface area (TPSA) is 65.5 Å². The van der Waals surface area contributed by atoms with Gasteiger partial charge in [0.25, 0.3) is 0 Å². The number of carbonyl (C=O) groups is 2. The lowest BCUT2D eigenvalue weighted by Crippen LogP contribution is -2.48. The van der Waals surface area contributed by atoms with E-state index in [0.717, 1.165) is 43.9 Å². The maximum Gasteiger partial charge on any atom is 0.223 e. The smallest absolute Gasteiger partial charge is 0.223 e. The lowest BCUT2D eigenvalue weighted by Gasteiger charge is -2.34. The maximum absolute atomic E-state index is 12.4. The van der Waals surface area contributed by atoms with Crippen LogP contribution in [0.4, 0.5) is 5.13 Å². The number of piperidine rings is 2. The minimum atomic E-state index is 0.0580. The molecule has 7 heteroatoms. The van der Waals surface area contributed by atoms with Crippen LogP contribution in [-0.2, 0) is 9.59 Å². The van der Waals surface area contributed by atoms with Crippen molar-refractivity contribution in [3.8, 4) is 0 Å². The largest absolute Gasteiger partial charge is 0.353 e. The molecule has 23 heavy (non-hydrogen) atoms. The molecule has 0 radical (unpaired) electrons. The van der Waals surface area contributed by atoms with Gasteiger partial charge in [-0.1, -0.05) is 0 Å². The molecule has 1 aromatic heterocycles. The van der Waals surface area contributed by atoms with Gasteiger partial charge in [-0.25, -0.2) is 4.98 Å². The fourth-order valence-electron chi connectivity index (χ4n) is 3.36. The molecule has 0 bridgehead atoms. The molecule has 0 saturated carbocycles. The van der Waals surface area contributed by atoms with Gasteiger partial charge in [-0.15, -0.1) is 11.3 Å². The van der Waals surface area contributed by atoms with E-state index in [2.05, 4.69) is 15.2 Å². The molecule has 2 fully saturated rings. The van der Waals surface area contributed by atoms with Crippen molar-refractivity contribution >= 4 is 28.3 Å². The highest BCUT2D eigenvalue weighted by Gasteiger charge is 2.28. The van der Waals surface area contributed by atoms with Crippen molar-refractivity contribution in [1.82, 2.24) is 15.2 Å². The average Bonchev–Trinajstić information content (AvgIpc) is 3.10. The Morgan fingerprint density at radius 3 is 2.43 bits per heavy atom. The Bertz CT molecular complexity index is 532. The van der Waals surface area contributed by atoms with Gasteiger partial charge >= 0.3 is 0 Å². The molecule has 1 aromatic rings. The number of nitrogens with one attached hydrogen (secondary N) is 1. The van der Waals surface area contributed by atoms with E-state index in [1.807, 2.05) is 16.5 Å². The highest BCUT2D eigenvalue weighted by atomic mass is 32.1. The first-order valence-electron chi connectivity index (χ1n) is 8.34. The van der Waals surface area contributed by atoms with Gasteiger partial charge in [0.15, 0.2) is 5.13 Å². The second-order valence-corrected chi connectivity index (χ2v) is 7.24. The summed E-state index contributed by atoms with van der Waals surface area (Å²) in [6.07, 6.45) is 5.34. The standard InChI is InChI=1S/C16H24N4O2S/c1-12(21)19-7-2-13(3-8-19)15(22)18-14-4-9-20(10-5-14)16-17-6-11-23-16/h6,11,13-14H,2-5,7-10H2,1H3,(H,18,22). The van der Waals surface area contributed by atoms with Crippen LogP contribution in [0, 0.1) is 5.92 Å². The van der Waals surface area contributed by atoms with E-state index in [1.54, 1.807) is 18.3 Å². The molecule has 6 nitrogen and oxygen atoms in total. The number of anilines is 1. The molecule has 1 N–H and O–H groups in total. The van der Waals surface area contributed by atoms with Gasteiger partial charge in [0.1, 0.15) is 0 Å². The summed E-state index contributed by atoms with van der Waals surface area (Å²) >= 11 is 1.67. The summed E-state index contributed by atoms with van der Waals surface area (Å²) < 4.78 is 0. The highest BCUT2D eigenvalue weighted by Crippen LogP contribution is 2.23. The van der Waals surface area contributed by atoms with Crippen molar-refractivity contribution in [3.05, 3.63) is 11.6 Å². The zero-order valence-corrected chi connectivity index (χ0v) is 14.3. The van der Waals surface area contributed by atoms with Gasteiger partial charge in [-0.3, -0.25) is 9.59 Å². The van der Waals surface area contributed by atoms with Crippen LogP contribution in [0.15, 0.2) is 11.6 Å². The molecule has 3 rings (SSSR count). The number of rotatable bonds is 3. The first-order valence-corrected chi connectivity index (χ1v) is 9.22. The maximum atomic E-state index is 12.4. The minimum absolute atomic E-state index is 0.0580. The normalized spacial score (nSPS) is 20.6. The quantitative estimate of drug-likeness (QED) is 0.908. The molecule has 2 saturated heterocycles. The Hall–Kier alpha value is -1.63. The zero-order valence-electron chi connectivity index (χ0n) is 13.5. The van der Waals surface area contributed by atoms with Crippen molar-refractivity contribution in [2.75, 3.05) is 31.1 Å². The number of hydrogen-bond acceptors (Lipinski definition) is 5. The van der Waals surface area contributed by atoms with Crippen LogP contribution in [-0.4, -0.2) is 53.9 Å². The predicted molar refractivity (Wildman–Crippen MR) is 90.5 cm³/mol. The molecule has 3 heterocycles. The highest BCUT2D eigenvalue weighted by molar-refractivity contribution is 7.13. The molecule has 0 atom stereocenters. The van der Waals surface area contributed by atoms with Crippen LogP contribution in [0.3, 0.4) is 0 Å². The lowest BCUT2D eigenvalue weighted by atomic mass is 9.94. The van der Waals surface area contributed by atoms with Crippen LogP contribution in [0.2, 0.25) is 0 Å². The lowest BCUT2D eigenvalue weighted by molar-refractivity contribution is -0.134. The molecule has 0 spiro atoms. The SMILES string of the molecule is CC(=O)N1CCC(C(=O)NC2CCN(c3nccs3)CC2)CC1. The molecular weight excluding hydrogens is 312 g/mol. The van der Waals surface area contributed by atoms with Crippen molar-refractivity contribution in [3.63, 3.8) is 0 Å². The van der Waals surface area contributed by atoms with Gasteiger partial charge < -0.3 is 15.1 Å². The number of carbonyl (C=O) groups excluding carboxylic acids is 2. The average molecular weight is 336 g/mol. The molecular formula is C16H24N4O2S. The van der Waals surface area contributed by atoms with Gasteiger partial charge in [-0.05, 0) is 25.7 Å². The van der Waals surface area contributed by atoms with E-state index in [1.165, 1.54) is 0 Å². The van der Waals surface area contributed by atoms with Gasteiger partial charge in [-0.2, -0.15) is 0 Å². The van der Waals surface area contributed by atoms with E-state index in [0.29, 0.717) is 13.1 Å². The summed E-state index contributed by atoms with van der Waals surface area (Å²) in [4.78, 5) is 32.2. The summed E-state index contributed by atoms with van der Waals surface area (Å²) in [6.45, 7) is 4.89. The Balaban J connectivity index is 1.42. The van der Waals surface area contributed by atoms with E-state index in [9.17, 15) is 9.59 Å². The van der Waals surface area contributed by atoms with Crippen molar-refractivity contribution < 1.29 is 9.59 Å².